The van der Waals surface area contributed by atoms with Crippen LogP contribution in [-0.2, 0) is 6.54 Å². The maximum absolute atomic E-state index is 6.42. The van der Waals surface area contributed by atoms with Gasteiger partial charge in [-0.2, -0.15) is 0 Å². The van der Waals surface area contributed by atoms with E-state index in [9.17, 15) is 0 Å². The number of rotatable bonds is 8. The van der Waals surface area contributed by atoms with Crippen molar-refractivity contribution >= 4 is 11.6 Å². The molecule has 0 radical (unpaired) electrons. The lowest BCUT2D eigenvalue weighted by atomic mass is 10.0. The Morgan fingerprint density at radius 1 is 0.955 bits per heavy atom. The van der Waals surface area contributed by atoms with E-state index < -0.39 is 0 Å². The second-order valence-electron chi connectivity index (χ2n) is 5.38. The number of halogens is 1. The van der Waals surface area contributed by atoms with E-state index in [0.29, 0.717) is 6.04 Å². The molecule has 0 aliphatic carbocycles. The van der Waals surface area contributed by atoms with Crippen LogP contribution in [0.15, 0.2) is 54.6 Å². The Kier molecular flexibility index (Phi) is 6.91. The normalized spacial score (nSPS) is 12.5. The summed E-state index contributed by atoms with van der Waals surface area (Å²) in [5.41, 5.74) is 2.51. The highest BCUT2D eigenvalue weighted by Gasteiger charge is 2.19. The van der Waals surface area contributed by atoms with Gasteiger partial charge in [-0.05, 0) is 30.3 Å². The first-order valence-corrected chi connectivity index (χ1v) is 8.37. The Hall–Kier alpha value is -1.35. The highest BCUT2D eigenvalue weighted by molar-refractivity contribution is 6.31. The first kappa shape index (κ1) is 17.0. The minimum Gasteiger partial charge on any atom is -0.311 e. The summed E-state index contributed by atoms with van der Waals surface area (Å²) in [5, 5.41) is 4.42. The van der Waals surface area contributed by atoms with E-state index in [2.05, 4.69) is 60.5 Å². The van der Waals surface area contributed by atoms with Crippen LogP contribution in [0.2, 0.25) is 5.02 Å². The van der Waals surface area contributed by atoms with E-state index in [0.717, 1.165) is 31.2 Å². The molecule has 2 rings (SSSR count). The summed E-state index contributed by atoms with van der Waals surface area (Å²) in [6.45, 7) is 8.19. The maximum Gasteiger partial charge on any atom is 0.0487 e. The third-order valence-corrected chi connectivity index (χ3v) is 4.37. The monoisotopic (exact) mass is 316 g/mol. The largest absolute Gasteiger partial charge is 0.311 e. The molecule has 0 heterocycles. The Bertz CT molecular complexity index is 552. The summed E-state index contributed by atoms with van der Waals surface area (Å²) in [7, 11) is 0. The van der Waals surface area contributed by atoms with Crippen molar-refractivity contribution in [3.8, 4) is 0 Å². The summed E-state index contributed by atoms with van der Waals surface area (Å²) >= 11 is 6.42. The van der Waals surface area contributed by atoms with Crippen molar-refractivity contribution in [1.29, 1.82) is 0 Å². The molecule has 0 amide bonds. The zero-order valence-corrected chi connectivity index (χ0v) is 14.2. The Balaban J connectivity index is 2.07. The number of hydrogen-bond acceptors (Lipinski definition) is 2. The fourth-order valence-corrected chi connectivity index (χ4v) is 3.06. The van der Waals surface area contributed by atoms with E-state index in [1.54, 1.807) is 0 Å². The van der Waals surface area contributed by atoms with Gasteiger partial charge in [0, 0.05) is 24.2 Å². The number of nitrogens with zero attached hydrogens (tertiary/aromatic N) is 1. The second-order valence-corrected chi connectivity index (χ2v) is 5.78. The first-order valence-electron chi connectivity index (χ1n) is 7.99. The summed E-state index contributed by atoms with van der Waals surface area (Å²) in [5.74, 6) is 0. The minimum atomic E-state index is 0.299. The minimum absolute atomic E-state index is 0.299. The van der Waals surface area contributed by atoms with Crippen molar-refractivity contribution < 1.29 is 0 Å². The average Bonchev–Trinajstić information content (AvgIpc) is 2.56. The first-order chi connectivity index (χ1) is 10.8. The van der Waals surface area contributed by atoms with Gasteiger partial charge in [0.1, 0.15) is 0 Å². The van der Waals surface area contributed by atoms with Gasteiger partial charge in [-0.3, -0.25) is 4.90 Å². The Labute approximate surface area is 139 Å². The number of hydrogen-bond donors (Lipinski definition) is 1. The molecule has 3 heteroatoms. The molecule has 0 saturated heterocycles. The van der Waals surface area contributed by atoms with Crippen LogP contribution >= 0.6 is 11.6 Å². The number of nitrogens with one attached hydrogen (secondary N) is 1. The van der Waals surface area contributed by atoms with Crippen molar-refractivity contribution in [3.63, 3.8) is 0 Å². The molecular weight excluding hydrogens is 292 g/mol. The van der Waals surface area contributed by atoms with Crippen LogP contribution < -0.4 is 5.32 Å². The van der Waals surface area contributed by atoms with E-state index in [-0.39, 0.29) is 0 Å². The topological polar surface area (TPSA) is 15.3 Å². The fraction of sp³-hybridized carbons (Fsp3) is 0.368. The Morgan fingerprint density at radius 3 is 2.23 bits per heavy atom. The van der Waals surface area contributed by atoms with Crippen LogP contribution in [0.1, 0.15) is 31.0 Å². The van der Waals surface area contributed by atoms with Gasteiger partial charge >= 0.3 is 0 Å². The molecule has 0 aromatic heterocycles. The van der Waals surface area contributed by atoms with E-state index in [4.69, 9.17) is 11.6 Å². The van der Waals surface area contributed by atoms with Gasteiger partial charge < -0.3 is 5.32 Å². The molecule has 1 atom stereocenters. The van der Waals surface area contributed by atoms with Crippen LogP contribution in [-0.4, -0.2) is 24.5 Å². The smallest absolute Gasteiger partial charge is 0.0487 e. The lowest BCUT2D eigenvalue weighted by molar-refractivity contribution is 0.213. The van der Waals surface area contributed by atoms with Gasteiger partial charge in [0.25, 0.3) is 0 Å². The molecule has 0 bridgehead atoms. The molecule has 2 aromatic rings. The summed E-state index contributed by atoms with van der Waals surface area (Å²) in [6.07, 6.45) is 0. The van der Waals surface area contributed by atoms with Gasteiger partial charge in [-0.15, -0.1) is 0 Å². The van der Waals surface area contributed by atoms with E-state index in [1.165, 1.54) is 11.1 Å². The van der Waals surface area contributed by atoms with E-state index in [1.807, 2.05) is 18.2 Å². The van der Waals surface area contributed by atoms with Crippen molar-refractivity contribution in [2.75, 3.05) is 19.6 Å². The molecule has 118 valence electrons. The molecule has 1 unspecified atom stereocenters. The molecule has 1 N–H and O–H groups in total. The number of likely N-dealkylation sites (N-methyl/N-ethyl adjacent to an activating group) is 1. The van der Waals surface area contributed by atoms with Crippen molar-refractivity contribution in [2.24, 2.45) is 0 Å². The molecule has 0 aliphatic rings. The second kappa shape index (κ2) is 8.94. The summed E-state index contributed by atoms with van der Waals surface area (Å²) in [6, 6.07) is 19.0. The molecule has 2 aromatic carbocycles. The third kappa shape index (κ3) is 4.57. The van der Waals surface area contributed by atoms with Crippen molar-refractivity contribution in [2.45, 2.75) is 26.4 Å². The van der Waals surface area contributed by atoms with Crippen LogP contribution in [0.5, 0.6) is 0 Å². The molecule has 0 fully saturated rings. The molecule has 0 spiro atoms. The highest BCUT2D eigenvalue weighted by atomic mass is 35.5. The molecule has 22 heavy (non-hydrogen) atoms. The van der Waals surface area contributed by atoms with Gasteiger partial charge in [0.05, 0.1) is 0 Å². The predicted octanol–water partition coefficient (Wildman–Crippen LogP) is 4.51. The standard InChI is InChI=1S/C19H25ClN2/c1-3-22(4-2)19(17-12-8-9-13-18(17)20)15-21-14-16-10-6-5-7-11-16/h5-13,19,21H,3-4,14-15H2,1-2H3. The SMILES string of the molecule is CCN(CC)C(CNCc1ccccc1)c1ccccc1Cl. The Morgan fingerprint density at radius 2 is 1.59 bits per heavy atom. The zero-order valence-electron chi connectivity index (χ0n) is 13.4. The molecule has 2 nitrogen and oxygen atoms in total. The quantitative estimate of drug-likeness (QED) is 0.770. The average molecular weight is 317 g/mol. The van der Waals surface area contributed by atoms with Crippen molar-refractivity contribution in [1.82, 2.24) is 10.2 Å². The van der Waals surface area contributed by atoms with Crippen LogP contribution in [0.4, 0.5) is 0 Å². The van der Waals surface area contributed by atoms with Crippen molar-refractivity contribution in [3.05, 3.63) is 70.7 Å². The lowest BCUT2D eigenvalue weighted by Gasteiger charge is -2.31. The summed E-state index contributed by atoms with van der Waals surface area (Å²) < 4.78 is 0. The predicted molar refractivity (Wildman–Crippen MR) is 95.3 cm³/mol. The molecule has 0 aliphatic heterocycles. The maximum atomic E-state index is 6.42. The fourth-order valence-electron chi connectivity index (χ4n) is 2.79. The van der Waals surface area contributed by atoms with Gasteiger partial charge in [0.2, 0.25) is 0 Å². The van der Waals surface area contributed by atoms with E-state index >= 15 is 0 Å². The molecule has 0 saturated carbocycles. The van der Waals surface area contributed by atoms with Gasteiger partial charge in [-0.25, -0.2) is 0 Å². The number of benzene rings is 2. The van der Waals surface area contributed by atoms with Crippen LogP contribution in [0, 0.1) is 0 Å². The molecular formula is C19H25ClN2. The van der Waals surface area contributed by atoms with Gasteiger partial charge in [0.15, 0.2) is 0 Å². The third-order valence-electron chi connectivity index (χ3n) is 4.03. The highest BCUT2D eigenvalue weighted by Crippen LogP contribution is 2.27. The zero-order chi connectivity index (χ0) is 15.8. The van der Waals surface area contributed by atoms with Crippen LogP contribution in [0.3, 0.4) is 0 Å². The lowest BCUT2D eigenvalue weighted by Crippen LogP contribution is -2.35. The summed E-state index contributed by atoms with van der Waals surface area (Å²) in [4.78, 5) is 2.44. The van der Waals surface area contributed by atoms with Crippen LogP contribution in [0.25, 0.3) is 0 Å². The van der Waals surface area contributed by atoms with Gasteiger partial charge in [-0.1, -0.05) is 74.0 Å².